The second-order valence-corrected chi connectivity index (χ2v) is 7.46. The molecule has 2 aromatic carbocycles. The van der Waals surface area contributed by atoms with Crippen molar-refractivity contribution in [1.29, 1.82) is 0 Å². The monoisotopic (exact) mass is 388 g/mol. The Hall–Kier alpha value is -1.95. The van der Waals surface area contributed by atoms with Crippen molar-refractivity contribution < 1.29 is 9.53 Å². The predicted molar refractivity (Wildman–Crippen MR) is 107 cm³/mol. The summed E-state index contributed by atoms with van der Waals surface area (Å²) in [6, 6.07) is 11.3. The van der Waals surface area contributed by atoms with Gasteiger partial charge in [-0.05, 0) is 50.6 Å². The highest BCUT2D eigenvalue weighted by molar-refractivity contribution is 7.16. The molecule has 0 radical (unpaired) electrons. The Morgan fingerprint density at radius 3 is 2.81 bits per heavy atom. The summed E-state index contributed by atoms with van der Waals surface area (Å²) in [5.41, 5.74) is 3.63. The van der Waals surface area contributed by atoms with E-state index in [9.17, 15) is 4.79 Å². The smallest absolute Gasteiger partial charge is 0.279 e. The highest BCUT2D eigenvalue weighted by atomic mass is 35.5. The number of hydrogen-bond donors (Lipinski definition) is 0. The molecule has 0 aliphatic carbocycles. The van der Waals surface area contributed by atoms with Gasteiger partial charge in [0.1, 0.15) is 0 Å². The Morgan fingerprint density at radius 1 is 1.27 bits per heavy atom. The molecule has 1 aromatic heterocycles. The van der Waals surface area contributed by atoms with Crippen LogP contribution in [0.4, 0.5) is 0 Å². The summed E-state index contributed by atoms with van der Waals surface area (Å²) < 4.78 is 8.60. The number of aryl methyl sites for hydroxylation is 2. The van der Waals surface area contributed by atoms with Crippen LogP contribution in [0.3, 0.4) is 0 Å². The van der Waals surface area contributed by atoms with Crippen molar-refractivity contribution in [3.8, 4) is 0 Å². The quantitative estimate of drug-likeness (QED) is 0.592. The van der Waals surface area contributed by atoms with Crippen molar-refractivity contribution in [3.63, 3.8) is 0 Å². The first-order valence-corrected chi connectivity index (χ1v) is 9.72. The van der Waals surface area contributed by atoms with Crippen molar-refractivity contribution in [2.24, 2.45) is 4.99 Å². The maximum absolute atomic E-state index is 12.6. The van der Waals surface area contributed by atoms with Crippen molar-refractivity contribution in [2.45, 2.75) is 27.3 Å². The molecule has 136 valence electrons. The zero-order chi connectivity index (χ0) is 18.7. The van der Waals surface area contributed by atoms with Gasteiger partial charge in [0.05, 0.1) is 16.8 Å². The number of fused-ring (bicyclic) bond motifs is 1. The minimum atomic E-state index is -0.242. The molecule has 0 fully saturated rings. The summed E-state index contributed by atoms with van der Waals surface area (Å²) in [4.78, 5) is 17.7. The lowest BCUT2D eigenvalue weighted by atomic mass is 10.1. The fourth-order valence-electron chi connectivity index (χ4n) is 2.84. The van der Waals surface area contributed by atoms with Gasteiger partial charge in [0, 0.05) is 23.7 Å². The van der Waals surface area contributed by atoms with Gasteiger partial charge in [-0.3, -0.25) is 4.79 Å². The molecule has 1 heterocycles. The number of hydrogen-bond acceptors (Lipinski definition) is 3. The number of nitrogens with zero attached hydrogens (tertiary/aromatic N) is 2. The van der Waals surface area contributed by atoms with Crippen LogP contribution in [0.15, 0.2) is 41.4 Å². The topological polar surface area (TPSA) is 43.6 Å². The molecule has 3 aromatic rings. The maximum Gasteiger partial charge on any atom is 0.279 e. The van der Waals surface area contributed by atoms with Gasteiger partial charge in [-0.1, -0.05) is 40.6 Å². The number of carbonyl (C=O) groups excluding carboxylic acids is 1. The summed E-state index contributed by atoms with van der Waals surface area (Å²) in [6.07, 6.45) is 0. The van der Waals surface area contributed by atoms with Crippen molar-refractivity contribution >= 4 is 39.1 Å². The fourth-order valence-corrected chi connectivity index (χ4v) is 4.10. The van der Waals surface area contributed by atoms with Crippen molar-refractivity contribution in [1.82, 2.24) is 4.57 Å². The van der Waals surface area contributed by atoms with E-state index in [0.717, 1.165) is 21.3 Å². The third kappa shape index (κ3) is 3.90. The Bertz CT molecular complexity index is 1020. The zero-order valence-electron chi connectivity index (χ0n) is 15.1. The first kappa shape index (κ1) is 18.8. The molecule has 1 amide bonds. The summed E-state index contributed by atoms with van der Waals surface area (Å²) in [6.45, 7) is 7.74. The van der Waals surface area contributed by atoms with Crippen molar-refractivity contribution in [2.75, 3.05) is 13.2 Å². The number of benzene rings is 2. The number of amides is 1. The van der Waals surface area contributed by atoms with E-state index in [1.54, 1.807) is 6.07 Å². The lowest BCUT2D eigenvalue weighted by molar-refractivity contribution is 0.0996. The van der Waals surface area contributed by atoms with Crippen LogP contribution in [-0.2, 0) is 11.3 Å². The van der Waals surface area contributed by atoms with Crippen LogP contribution in [0.1, 0.15) is 28.4 Å². The van der Waals surface area contributed by atoms with Crippen molar-refractivity contribution in [3.05, 3.63) is 62.9 Å². The van der Waals surface area contributed by atoms with Crippen LogP contribution in [-0.4, -0.2) is 23.7 Å². The second-order valence-electron chi connectivity index (χ2n) is 6.04. The molecule has 0 N–H and O–H groups in total. The van der Waals surface area contributed by atoms with Gasteiger partial charge in [-0.2, -0.15) is 4.99 Å². The van der Waals surface area contributed by atoms with E-state index >= 15 is 0 Å². The molecule has 0 bridgehead atoms. The second kappa shape index (κ2) is 8.16. The summed E-state index contributed by atoms with van der Waals surface area (Å²) >= 11 is 7.81. The van der Waals surface area contributed by atoms with Gasteiger partial charge in [-0.15, -0.1) is 0 Å². The van der Waals surface area contributed by atoms with E-state index < -0.39 is 0 Å². The van der Waals surface area contributed by atoms with Crippen LogP contribution in [0.2, 0.25) is 5.02 Å². The first-order chi connectivity index (χ1) is 12.5. The number of carbonyl (C=O) groups is 1. The predicted octanol–water partition coefficient (Wildman–Crippen LogP) is 4.75. The third-order valence-corrected chi connectivity index (χ3v) is 5.61. The number of ether oxygens (including phenoxy) is 1. The molecule has 0 aliphatic rings. The lowest BCUT2D eigenvalue weighted by Crippen LogP contribution is -2.20. The molecular formula is C20H21ClN2O2S. The highest BCUT2D eigenvalue weighted by Gasteiger charge is 2.13. The van der Waals surface area contributed by atoms with Crippen LogP contribution in [0, 0.1) is 13.8 Å². The maximum atomic E-state index is 12.6. The van der Waals surface area contributed by atoms with Gasteiger partial charge < -0.3 is 9.30 Å². The third-order valence-electron chi connectivity index (χ3n) is 4.16. The number of aromatic nitrogens is 1. The van der Waals surface area contributed by atoms with E-state index in [1.807, 2.05) is 55.7 Å². The standard InChI is InChI=1S/C20H21ClN2O2S/c1-4-25-11-10-23-18-14(3)16(21)8-9-17(18)26-20(23)22-19(24)15-7-5-6-13(2)12-15/h5-9,12H,4,10-11H2,1-3H3. The molecule has 4 nitrogen and oxygen atoms in total. The van der Waals surface area contributed by atoms with E-state index in [2.05, 4.69) is 4.99 Å². The van der Waals surface area contributed by atoms with Crippen LogP contribution < -0.4 is 4.80 Å². The molecule has 0 spiro atoms. The molecule has 3 rings (SSSR count). The lowest BCUT2D eigenvalue weighted by Gasteiger charge is -2.08. The van der Waals surface area contributed by atoms with Crippen LogP contribution in [0.5, 0.6) is 0 Å². The highest BCUT2D eigenvalue weighted by Crippen LogP contribution is 2.27. The Labute approximate surface area is 161 Å². The normalized spacial score (nSPS) is 12.1. The average Bonchev–Trinajstić information content (AvgIpc) is 2.96. The Morgan fingerprint density at radius 2 is 2.08 bits per heavy atom. The SMILES string of the molecule is CCOCCn1c(=NC(=O)c2cccc(C)c2)sc2ccc(Cl)c(C)c21. The minimum absolute atomic E-state index is 0.242. The number of halogens is 1. The van der Waals surface area contributed by atoms with E-state index in [-0.39, 0.29) is 5.91 Å². The molecule has 6 heteroatoms. The van der Waals surface area contributed by atoms with E-state index in [1.165, 1.54) is 11.3 Å². The minimum Gasteiger partial charge on any atom is -0.380 e. The molecule has 0 saturated carbocycles. The van der Waals surface area contributed by atoms with E-state index in [0.29, 0.717) is 35.1 Å². The Kier molecular flexibility index (Phi) is 5.91. The summed E-state index contributed by atoms with van der Waals surface area (Å²) in [5.74, 6) is -0.242. The number of rotatable bonds is 5. The number of thiazole rings is 1. The molecule has 0 atom stereocenters. The molecule has 0 aliphatic heterocycles. The Balaban J connectivity index is 2.13. The van der Waals surface area contributed by atoms with Gasteiger partial charge >= 0.3 is 0 Å². The van der Waals surface area contributed by atoms with Gasteiger partial charge in [0.15, 0.2) is 4.80 Å². The zero-order valence-corrected chi connectivity index (χ0v) is 16.7. The summed E-state index contributed by atoms with van der Waals surface area (Å²) in [5, 5.41) is 0.706. The van der Waals surface area contributed by atoms with Crippen LogP contribution >= 0.6 is 22.9 Å². The van der Waals surface area contributed by atoms with Gasteiger partial charge in [0.2, 0.25) is 0 Å². The molecule has 0 unspecified atom stereocenters. The van der Waals surface area contributed by atoms with Gasteiger partial charge in [-0.25, -0.2) is 0 Å². The average molecular weight is 389 g/mol. The summed E-state index contributed by atoms with van der Waals surface area (Å²) in [7, 11) is 0. The van der Waals surface area contributed by atoms with E-state index in [4.69, 9.17) is 16.3 Å². The fraction of sp³-hybridized carbons (Fsp3) is 0.300. The molecular weight excluding hydrogens is 368 g/mol. The van der Waals surface area contributed by atoms with Crippen LogP contribution in [0.25, 0.3) is 10.2 Å². The molecule has 26 heavy (non-hydrogen) atoms. The first-order valence-electron chi connectivity index (χ1n) is 8.53. The molecule has 0 saturated heterocycles. The van der Waals surface area contributed by atoms with Gasteiger partial charge in [0.25, 0.3) is 5.91 Å². The largest absolute Gasteiger partial charge is 0.380 e.